The summed E-state index contributed by atoms with van der Waals surface area (Å²) in [7, 11) is 0. The smallest absolute Gasteiger partial charge is 0.237 e. The molecule has 2 amide bonds. The SMILES string of the molecule is O=C1C2C3CCC(C3)C2C(=O)N1c1ccc(Oc2ccccc2Cl)cc1. The maximum Gasteiger partial charge on any atom is 0.237 e. The zero-order valence-corrected chi connectivity index (χ0v) is 14.9. The number of rotatable bonds is 3. The van der Waals surface area contributed by atoms with E-state index in [1.54, 1.807) is 36.4 Å². The number of hydrogen-bond acceptors (Lipinski definition) is 3. The molecule has 1 saturated heterocycles. The van der Waals surface area contributed by atoms with E-state index in [-0.39, 0.29) is 23.7 Å². The molecular weight excluding hydrogens is 350 g/mol. The number of halogens is 1. The van der Waals surface area contributed by atoms with Crippen molar-refractivity contribution in [2.45, 2.75) is 19.3 Å². The highest BCUT2D eigenvalue weighted by Crippen LogP contribution is 2.56. The largest absolute Gasteiger partial charge is 0.456 e. The Labute approximate surface area is 156 Å². The molecule has 2 aromatic rings. The fourth-order valence-corrected chi connectivity index (χ4v) is 5.16. The van der Waals surface area contributed by atoms with Crippen LogP contribution in [0.3, 0.4) is 0 Å². The minimum Gasteiger partial charge on any atom is -0.456 e. The monoisotopic (exact) mass is 367 g/mol. The van der Waals surface area contributed by atoms with E-state index >= 15 is 0 Å². The van der Waals surface area contributed by atoms with Crippen molar-refractivity contribution >= 4 is 29.1 Å². The number of hydrogen-bond donors (Lipinski definition) is 0. The van der Waals surface area contributed by atoms with Gasteiger partial charge in [-0.1, -0.05) is 23.7 Å². The van der Waals surface area contributed by atoms with Crippen LogP contribution < -0.4 is 9.64 Å². The fraction of sp³-hybridized carbons (Fsp3) is 0.333. The normalized spacial score (nSPS) is 29.3. The van der Waals surface area contributed by atoms with E-state index in [0.29, 0.717) is 34.0 Å². The summed E-state index contributed by atoms with van der Waals surface area (Å²) < 4.78 is 5.78. The van der Waals surface area contributed by atoms with Crippen LogP contribution in [0.5, 0.6) is 11.5 Å². The minimum atomic E-state index is -0.0969. The molecule has 4 nitrogen and oxygen atoms in total. The number of imide groups is 1. The molecule has 1 aliphatic heterocycles. The summed E-state index contributed by atoms with van der Waals surface area (Å²) in [4.78, 5) is 27.1. The second kappa shape index (κ2) is 5.85. The fourth-order valence-electron chi connectivity index (χ4n) is 4.98. The maximum absolute atomic E-state index is 12.9. The standard InChI is InChI=1S/C21H18ClNO3/c22-16-3-1-2-4-17(16)26-15-9-7-14(8-10-15)23-20(24)18-12-5-6-13(11-12)19(18)21(23)25/h1-4,7-10,12-13,18-19H,5-6,11H2. The average Bonchev–Trinajstić information content (AvgIpc) is 3.32. The van der Waals surface area contributed by atoms with Crippen LogP contribution in [0.1, 0.15) is 19.3 Å². The Bertz CT molecular complexity index is 866. The zero-order valence-electron chi connectivity index (χ0n) is 14.1. The molecule has 3 aliphatic rings. The zero-order chi connectivity index (χ0) is 17.8. The lowest BCUT2D eigenvalue weighted by Crippen LogP contribution is -2.32. The van der Waals surface area contributed by atoms with Gasteiger partial charge in [0, 0.05) is 0 Å². The summed E-state index contributed by atoms with van der Waals surface area (Å²) in [6, 6.07) is 14.3. The van der Waals surface area contributed by atoms with Crippen LogP contribution in [-0.2, 0) is 9.59 Å². The van der Waals surface area contributed by atoms with Gasteiger partial charge in [0.2, 0.25) is 11.8 Å². The average molecular weight is 368 g/mol. The molecule has 0 spiro atoms. The molecule has 0 radical (unpaired) electrons. The Hall–Kier alpha value is -2.33. The van der Waals surface area contributed by atoms with Gasteiger partial charge in [-0.05, 0) is 67.5 Å². The van der Waals surface area contributed by atoms with Gasteiger partial charge in [0.1, 0.15) is 11.5 Å². The second-order valence-electron chi connectivity index (χ2n) is 7.42. The molecule has 3 fully saturated rings. The summed E-state index contributed by atoms with van der Waals surface area (Å²) >= 11 is 6.11. The van der Waals surface area contributed by atoms with Crippen molar-refractivity contribution in [1.82, 2.24) is 0 Å². The predicted octanol–water partition coefficient (Wildman–Crippen LogP) is 4.67. The van der Waals surface area contributed by atoms with Crippen molar-refractivity contribution < 1.29 is 14.3 Å². The van der Waals surface area contributed by atoms with Crippen molar-refractivity contribution in [2.75, 3.05) is 4.90 Å². The van der Waals surface area contributed by atoms with Gasteiger partial charge in [-0.2, -0.15) is 0 Å². The molecule has 26 heavy (non-hydrogen) atoms. The van der Waals surface area contributed by atoms with Crippen LogP contribution in [0.25, 0.3) is 0 Å². The molecule has 132 valence electrons. The Morgan fingerprint density at radius 2 is 1.50 bits per heavy atom. The Morgan fingerprint density at radius 3 is 2.12 bits per heavy atom. The molecule has 0 aromatic heterocycles. The minimum absolute atomic E-state index is 0.0213. The summed E-state index contributed by atoms with van der Waals surface area (Å²) in [6.07, 6.45) is 3.22. The predicted molar refractivity (Wildman–Crippen MR) is 98.3 cm³/mol. The van der Waals surface area contributed by atoms with Gasteiger partial charge < -0.3 is 4.74 Å². The molecular formula is C21H18ClNO3. The maximum atomic E-state index is 12.9. The van der Waals surface area contributed by atoms with E-state index in [2.05, 4.69) is 0 Å². The first-order valence-corrected chi connectivity index (χ1v) is 9.41. The lowest BCUT2D eigenvalue weighted by atomic mass is 9.81. The number of carbonyl (C=O) groups is 2. The first kappa shape index (κ1) is 15.9. The van der Waals surface area contributed by atoms with Crippen molar-refractivity contribution in [3.8, 4) is 11.5 Å². The van der Waals surface area contributed by atoms with Crippen LogP contribution in [0.15, 0.2) is 48.5 Å². The van der Waals surface area contributed by atoms with E-state index in [9.17, 15) is 9.59 Å². The van der Waals surface area contributed by atoms with Crippen LogP contribution in [0.4, 0.5) is 5.69 Å². The quantitative estimate of drug-likeness (QED) is 0.741. The number of benzene rings is 2. The molecule has 2 aliphatic carbocycles. The van der Waals surface area contributed by atoms with Gasteiger partial charge in [-0.15, -0.1) is 0 Å². The lowest BCUT2D eigenvalue weighted by Gasteiger charge is -2.19. The number of fused-ring (bicyclic) bond motifs is 5. The number of carbonyl (C=O) groups excluding carboxylic acids is 2. The molecule has 5 heteroatoms. The van der Waals surface area contributed by atoms with Gasteiger partial charge in [-0.25, -0.2) is 0 Å². The molecule has 2 saturated carbocycles. The summed E-state index contributed by atoms with van der Waals surface area (Å²) in [5.74, 6) is 1.74. The number of amides is 2. The molecule has 2 bridgehead atoms. The van der Waals surface area contributed by atoms with Crippen molar-refractivity contribution in [3.63, 3.8) is 0 Å². The number of nitrogens with zero attached hydrogens (tertiary/aromatic N) is 1. The Morgan fingerprint density at radius 1 is 0.885 bits per heavy atom. The third kappa shape index (κ3) is 2.28. The highest BCUT2D eigenvalue weighted by Gasteiger charge is 2.61. The van der Waals surface area contributed by atoms with Crippen molar-refractivity contribution in [2.24, 2.45) is 23.7 Å². The summed E-state index contributed by atoms with van der Waals surface area (Å²) in [5.41, 5.74) is 0.625. The van der Waals surface area contributed by atoms with E-state index in [4.69, 9.17) is 16.3 Å². The number of para-hydroxylation sites is 1. The topological polar surface area (TPSA) is 46.6 Å². The van der Waals surface area contributed by atoms with Crippen molar-refractivity contribution in [3.05, 3.63) is 53.6 Å². The first-order chi connectivity index (χ1) is 12.6. The van der Waals surface area contributed by atoms with E-state index in [1.807, 2.05) is 12.1 Å². The molecule has 2 aromatic carbocycles. The highest BCUT2D eigenvalue weighted by molar-refractivity contribution is 6.32. The Kier molecular flexibility index (Phi) is 3.57. The van der Waals surface area contributed by atoms with E-state index in [0.717, 1.165) is 19.3 Å². The highest BCUT2D eigenvalue weighted by atomic mass is 35.5. The first-order valence-electron chi connectivity index (χ1n) is 9.04. The summed E-state index contributed by atoms with van der Waals surface area (Å²) in [5, 5.41) is 0.532. The Balaban J connectivity index is 1.39. The van der Waals surface area contributed by atoms with E-state index < -0.39 is 0 Å². The van der Waals surface area contributed by atoms with E-state index in [1.165, 1.54) is 4.90 Å². The van der Waals surface area contributed by atoms with Crippen LogP contribution in [0, 0.1) is 23.7 Å². The van der Waals surface area contributed by atoms with Crippen molar-refractivity contribution in [1.29, 1.82) is 0 Å². The number of ether oxygens (including phenoxy) is 1. The molecule has 5 rings (SSSR count). The molecule has 4 atom stereocenters. The van der Waals surface area contributed by atoms with Crippen LogP contribution >= 0.6 is 11.6 Å². The summed E-state index contributed by atoms with van der Waals surface area (Å²) in [6.45, 7) is 0. The molecule has 0 N–H and O–H groups in total. The van der Waals surface area contributed by atoms with Gasteiger partial charge >= 0.3 is 0 Å². The third-order valence-corrected chi connectivity index (χ3v) is 6.40. The van der Waals surface area contributed by atoms with Gasteiger partial charge in [0.05, 0.1) is 22.5 Å². The number of anilines is 1. The second-order valence-corrected chi connectivity index (χ2v) is 7.83. The molecule has 1 heterocycles. The van der Waals surface area contributed by atoms with Crippen LogP contribution in [0.2, 0.25) is 5.02 Å². The third-order valence-electron chi connectivity index (χ3n) is 6.09. The lowest BCUT2D eigenvalue weighted by molar-refractivity contribution is -0.123. The molecule has 4 unspecified atom stereocenters. The van der Waals surface area contributed by atoms with Gasteiger partial charge in [0.15, 0.2) is 0 Å². The van der Waals surface area contributed by atoms with Gasteiger partial charge in [-0.3, -0.25) is 14.5 Å². The van der Waals surface area contributed by atoms with Crippen LogP contribution in [-0.4, -0.2) is 11.8 Å². The van der Waals surface area contributed by atoms with Gasteiger partial charge in [0.25, 0.3) is 0 Å².